The number of carbonyl (C=O) groups is 1. The van der Waals surface area contributed by atoms with Crippen molar-refractivity contribution >= 4 is 55.0 Å². The molecule has 0 spiro atoms. The van der Waals surface area contributed by atoms with Crippen LogP contribution in [0.3, 0.4) is 0 Å². The molecule has 3 heterocycles. The molecule has 0 saturated carbocycles. The topological polar surface area (TPSA) is 42.3 Å². The molecule has 0 N–H and O–H groups in total. The third-order valence-corrected chi connectivity index (χ3v) is 9.10. The van der Waals surface area contributed by atoms with Gasteiger partial charge in [0.2, 0.25) is 0 Å². The molecule has 0 aliphatic carbocycles. The summed E-state index contributed by atoms with van der Waals surface area (Å²) in [7, 11) is 0. The smallest absolute Gasteiger partial charge is 0.167 e. The lowest BCUT2D eigenvalue weighted by atomic mass is 9.94. The van der Waals surface area contributed by atoms with E-state index in [9.17, 15) is 4.79 Å². The summed E-state index contributed by atoms with van der Waals surface area (Å²) in [6.07, 6.45) is 2.26. The van der Waals surface area contributed by atoms with Gasteiger partial charge in [0, 0.05) is 33.3 Å². The standard InChI is InChI=1S/C32H22N2OS2/c1-19-6-11-27-31(12-19)37-32(34-27)21-9-7-20(8-10-21)13-28(35)23-14-24-17-33-18-26(24)25(15-23)30-16-22-4-2-3-5-29(22)36-30/h2-12,14-17H,13,18H2,1H3. The number of carbonyl (C=O) groups excluding carboxylic acids is 1. The molecule has 3 nitrogen and oxygen atoms in total. The molecule has 0 radical (unpaired) electrons. The highest BCUT2D eigenvalue weighted by Crippen LogP contribution is 2.38. The fourth-order valence-electron chi connectivity index (χ4n) is 4.92. The Morgan fingerprint density at radius 3 is 2.62 bits per heavy atom. The quantitative estimate of drug-likeness (QED) is 0.216. The van der Waals surface area contributed by atoms with Gasteiger partial charge < -0.3 is 0 Å². The number of thiophene rings is 1. The Kier molecular flexibility index (Phi) is 5.34. The van der Waals surface area contributed by atoms with Crippen molar-refractivity contribution in [1.82, 2.24) is 4.98 Å². The van der Waals surface area contributed by atoms with E-state index in [0.29, 0.717) is 13.0 Å². The van der Waals surface area contributed by atoms with E-state index in [1.165, 1.54) is 30.8 Å². The zero-order chi connectivity index (χ0) is 24.9. The van der Waals surface area contributed by atoms with E-state index in [4.69, 9.17) is 4.98 Å². The van der Waals surface area contributed by atoms with Crippen LogP contribution in [0.2, 0.25) is 0 Å². The maximum atomic E-state index is 13.4. The molecule has 0 unspecified atom stereocenters. The molecule has 1 aliphatic heterocycles. The number of aliphatic imine (C=N–C) groups is 1. The number of Topliss-reactive ketones (excluding diaryl/α,β-unsaturated/α-hetero) is 1. The van der Waals surface area contributed by atoms with Crippen molar-refractivity contribution in [1.29, 1.82) is 0 Å². The Labute approximate surface area is 222 Å². The van der Waals surface area contributed by atoms with Gasteiger partial charge in [-0.05, 0) is 76.5 Å². The highest BCUT2D eigenvalue weighted by molar-refractivity contribution is 7.22. The van der Waals surface area contributed by atoms with Gasteiger partial charge in [0.05, 0.1) is 16.8 Å². The van der Waals surface area contributed by atoms with Crippen LogP contribution in [0.1, 0.15) is 32.6 Å². The summed E-state index contributed by atoms with van der Waals surface area (Å²) in [5.74, 6) is 0.119. The fourth-order valence-corrected chi connectivity index (χ4v) is 7.10. The molecule has 5 heteroatoms. The van der Waals surface area contributed by atoms with Crippen LogP contribution in [-0.2, 0) is 13.0 Å². The lowest BCUT2D eigenvalue weighted by Crippen LogP contribution is -2.05. The number of fused-ring (bicyclic) bond motifs is 3. The number of hydrogen-bond acceptors (Lipinski definition) is 5. The van der Waals surface area contributed by atoms with E-state index in [1.54, 1.807) is 22.7 Å². The number of thiazole rings is 1. The van der Waals surface area contributed by atoms with E-state index < -0.39 is 0 Å². The van der Waals surface area contributed by atoms with Crippen molar-refractivity contribution in [3.63, 3.8) is 0 Å². The van der Waals surface area contributed by atoms with Crippen molar-refractivity contribution in [3.05, 3.63) is 113 Å². The second-order valence-electron chi connectivity index (χ2n) is 9.50. The van der Waals surface area contributed by atoms with Crippen LogP contribution in [0.15, 0.2) is 89.9 Å². The van der Waals surface area contributed by atoms with Crippen LogP contribution in [0.5, 0.6) is 0 Å². The Morgan fingerprint density at radius 2 is 1.76 bits per heavy atom. The lowest BCUT2D eigenvalue weighted by Gasteiger charge is -2.10. The summed E-state index contributed by atoms with van der Waals surface area (Å²) in [5, 5.41) is 2.24. The van der Waals surface area contributed by atoms with E-state index in [0.717, 1.165) is 38.3 Å². The first-order chi connectivity index (χ1) is 18.1. The lowest BCUT2D eigenvalue weighted by molar-refractivity contribution is 0.0993. The number of aryl methyl sites for hydroxylation is 1. The Balaban J connectivity index is 1.17. The first-order valence-corrected chi connectivity index (χ1v) is 13.9. The summed E-state index contributed by atoms with van der Waals surface area (Å²) in [5.41, 5.74) is 8.48. The summed E-state index contributed by atoms with van der Waals surface area (Å²) >= 11 is 3.47. The maximum Gasteiger partial charge on any atom is 0.167 e. The van der Waals surface area contributed by atoms with Crippen LogP contribution in [0, 0.1) is 6.92 Å². The number of hydrogen-bond donors (Lipinski definition) is 0. The van der Waals surface area contributed by atoms with Gasteiger partial charge in [0.25, 0.3) is 0 Å². The third kappa shape index (κ3) is 4.10. The highest BCUT2D eigenvalue weighted by atomic mass is 32.1. The van der Waals surface area contributed by atoms with Crippen molar-refractivity contribution in [2.24, 2.45) is 4.99 Å². The Hall–Kier alpha value is -3.93. The summed E-state index contributed by atoms with van der Waals surface area (Å²) in [6.45, 7) is 2.77. The van der Waals surface area contributed by atoms with Gasteiger partial charge in [0.15, 0.2) is 5.78 Å². The van der Waals surface area contributed by atoms with Gasteiger partial charge in [-0.15, -0.1) is 22.7 Å². The van der Waals surface area contributed by atoms with Crippen LogP contribution < -0.4 is 0 Å². The normalized spacial score (nSPS) is 12.5. The molecule has 6 aromatic rings. The number of benzene rings is 4. The third-order valence-electron chi connectivity index (χ3n) is 6.89. The molecule has 0 saturated heterocycles. The van der Waals surface area contributed by atoms with Crippen molar-refractivity contribution in [2.45, 2.75) is 19.9 Å². The Bertz CT molecular complexity index is 1830. The number of rotatable bonds is 5. The summed E-state index contributed by atoms with van der Waals surface area (Å²) in [6, 6.07) is 29.3. The number of ketones is 1. The van der Waals surface area contributed by atoms with E-state index in [-0.39, 0.29) is 5.78 Å². The van der Waals surface area contributed by atoms with Crippen LogP contribution >= 0.6 is 22.7 Å². The molecule has 0 fully saturated rings. The molecule has 0 bridgehead atoms. The van der Waals surface area contributed by atoms with Gasteiger partial charge in [0.1, 0.15) is 5.01 Å². The first-order valence-electron chi connectivity index (χ1n) is 12.3. The summed E-state index contributed by atoms with van der Waals surface area (Å²) < 4.78 is 2.45. The first kappa shape index (κ1) is 22.3. The average Bonchev–Trinajstić information content (AvgIpc) is 3.65. The average molecular weight is 515 g/mol. The molecule has 0 amide bonds. The molecule has 0 atom stereocenters. The van der Waals surface area contributed by atoms with E-state index in [2.05, 4.69) is 78.6 Å². The predicted octanol–water partition coefficient (Wildman–Crippen LogP) is 8.51. The molecule has 37 heavy (non-hydrogen) atoms. The molecular formula is C32H22N2OS2. The predicted molar refractivity (Wildman–Crippen MR) is 156 cm³/mol. The van der Waals surface area contributed by atoms with Crippen LogP contribution in [0.25, 0.3) is 41.3 Å². The Morgan fingerprint density at radius 1 is 0.892 bits per heavy atom. The van der Waals surface area contributed by atoms with Crippen molar-refractivity contribution < 1.29 is 4.79 Å². The highest BCUT2D eigenvalue weighted by Gasteiger charge is 2.19. The van der Waals surface area contributed by atoms with E-state index in [1.807, 2.05) is 24.4 Å². The van der Waals surface area contributed by atoms with Crippen molar-refractivity contribution in [3.8, 4) is 21.0 Å². The molecular weight excluding hydrogens is 492 g/mol. The van der Waals surface area contributed by atoms with E-state index >= 15 is 0 Å². The minimum absolute atomic E-state index is 0.119. The maximum absolute atomic E-state index is 13.4. The molecule has 1 aliphatic rings. The van der Waals surface area contributed by atoms with Crippen LogP contribution in [0.4, 0.5) is 0 Å². The molecule has 4 aromatic carbocycles. The van der Waals surface area contributed by atoms with Gasteiger partial charge in [-0.3, -0.25) is 9.79 Å². The number of aromatic nitrogens is 1. The number of nitrogens with zero attached hydrogens (tertiary/aromatic N) is 2. The van der Waals surface area contributed by atoms with Gasteiger partial charge >= 0.3 is 0 Å². The molecule has 178 valence electrons. The second kappa shape index (κ2) is 8.87. The van der Waals surface area contributed by atoms with Gasteiger partial charge in [-0.25, -0.2) is 4.98 Å². The fraction of sp³-hybridized carbons (Fsp3) is 0.0938. The molecule has 2 aromatic heterocycles. The zero-order valence-electron chi connectivity index (χ0n) is 20.2. The SMILES string of the molecule is Cc1ccc2nc(-c3ccc(CC(=O)c4cc5c(c(-c6cc7ccccc7s6)c4)CN=C5)cc3)sc2c1. The van der Waals surface area contributed by atoms with Crippen LogP contribution in [-0.4, -0.2) is 17.0 Å². The minimum atomic E-state index is 0.119. The van der Waals surface area contributed by atoms with Gasteiger partial charge in [-0.2, -0.15) is 0 Å². The van der Waals surface area contributed by atoms with Crippen molar-refractivity contribution in [2.75, 3.05) is 0 Å². The monoisotopic (exact) mass is 514 g/mol. The molecule has 7 rings (SSSR count). The van der Waals surface area contributed by atoms with Gasteiger partial charge in [-0.1, -0.05) is 48.5 Å². The second-order valence-corrected chi connectivity index (χ2v) is 11.6. The minimum Gasteiger partial charge on any atom is -0.294 e. The zero-order valence-corrected chi connectivity index (χ0v) is 21.8. The summed E-state index contributed by atoms with van der Waals surface area (Å²) in [4.78, 5) is 23.9. The largest absolute Gasteiger partial charge is 0.294 e.